The Balaban J connectivity index is 2.26. The van der Waals surface area contributed by atoms with Gasteiger partial charge in [0, 0.05) is 6.61 Å². The highest BCUT2D eigenvalue weighted by molar-refractivity contribution is 5.22. The average Bonchev–Trinajstić information content (AvgIpc) is 3.01. The summed E-state index contributed by atoms with van der Waals surface area (Å²) >= 11 is 0. The Morgan fingerprint density at radius 1 is 1.10 bits per heavy atom. The molecule has 0 aliphatic heterocycles. The van der Waals surface area contributed by atoms with E-state index in [1.54, 1.807) is 6.26 Å². The monoisotopic (exact) mass is 273 g/mol. The van der Waals surface area contributed by atoms with E-state index in [4.69, 9.17) is 9.15 Å². The molecule has 0 bridgehead atoms. The van der Waals surface area contributed by atoms with Crippen LogP contribution >= 0.6 is 0 Å². The third-order valence-corrected chi connectivity index (χ3v) is 3.24. The number of nitrogens with one attached hydrogen (secondary N) is 1. The molecule has 0 radical (unpaired) electrons. The van der Waals surface area contributed by atoms with E-state index >= 15 is 0 Å². The van der Waals surface area contributed by atoms with Gasteiger partial charge in [-0.15, -0.1) is 0 Å². The molecular weight excluding hydrogens is 250 g/mol. The molecule has 0 saturated heterocycles. The third-order valence-electron chi connectivity index (χ3n) is 3.24. The lowest BCUT2D eigenvalue weighted by Crippen LogP contribution is -2.29. The van der Waals surface area contributed by atoms with E-state index in [0.717, 1.165) is 18.7 Å². The molecule has 0 aliphatic carbocycles. The molecule has 0 fully saturated rings. The van der Waals surface area contributed by atoms with E-state index in [1.165, 1.54) is 5.56 Å². The summed E-state index contributed by atoms with van der Waals surface area (Å²) in [5.74, 6) is 0.917. The molecule has 1 aromatic heterocycles. The SMILES string of the molecule is CCCNC(c1ccco1)C(OCC)c1ccccc1. The van der Waals surface area contributed by atoms with E-state index in [-0.39, 0.29) is 12.1 Å². The summed E-state index contributed by atoms with van der Waals surface area (Å²) in [5, 5.41) is 3.54. The van der Waals surface area contributed by atoms with Gasteiger partial charge in [0.15, 0.2) is 0 Å². The quantitative estimate of drug-likeness (QED) is 0.786. The highest BCUT2D eigenvalue weighted by Crippen LogP contribution is 2.32. The molecule has 0 aliphatic rings. The van der Waals surface area contributed by atoms with Gasteiger partial charge in [0.05, 0.1) is 12.3 Å². The van der Waals surface area contributed by atoms with Crippen molar-refractivity contribution in [2.24, 2.45) is 0 Å². The fourth-order valence-corrected chi connectivity index (χ4v) is 2.33. The lowest BCUT2D eigenvalue weighted by molar-refractivity contribution is 0.0269. The van der Waals surface area contributed by atoms with Crippen molar-refractivity contribution in [3.63, 3.8) is 0 Å². The Labute approximate surface area is 121 Å². The maximum atomic E-state index is 5.99. The highest BCUT2D eigenvalue weighted by atomic mass is 16.5. The molecular formula is C17H23NO2. The number of rotatable bonds is 8. The zero-order chi connectivity index (χ0) is 14.2. The second kappa shape index (κ2) is 7.88. The first-order valence-electron chi connectivity index (χ1n) is 7.30. The fraction of sp³-hybridized carbons (Fsp3) is 0.412. The minimum absolute atomic E-state index is 0.0345. The average molecular weight is 273 g/mol. The molecule has 0 amide bonds. The molecule has 20 heavy (non-hydrogen) atoms. The number of hydrogen-bond acceptors (Lipinski definition) is 3. The maximum absolute atomic E-state index is 5.99. The highest BCUT2D eigenvalue weighted by Gasteiger charge is 2.26. The van der Waals surface area contributed by atoms with Crippen LogP contribution in [0.4, 0.5) is 0 Å². The maximum Gasteiger partial charge on any atom is 0.123 e. The summed E-state index contributed by atoms with van der Waals surface area (Å²) in [6, 6.07) is 14.3. The number of benzene rings is 1. The third kappa shape index (κ3) is 3.71. The summed E-state index contributed by atoms with van der Waals surface area (Å²) in [4.78, 5) is 0. The standard InChI is InChI=1S/C17H23NO2/c1-3-12-18-16(15-11-8-13-20-15)17(19-4-2)14-9-6-5-7-10-14/h5-11,13,16-18H,3-4,12H2,1-2H3. The van der Waals surface area contributed by atoms with Crippen LogP contribution in [0.1, 0.15) is 43.7 Å². The van der Waals surface area contributed by atoms with E-state index in [0.29, 0.717) is 6.61 Å². The lowest BCUT2D eigenvalue weighted by Gasteiger charge is -2.27. The topological polar surface area (TPSA) is 34.4 Å². The second-order valence-electron chi connectivity index (χ2n) is 4.73. The largest absolute Gasteiger partial charge is 0.468 e. The molecule has 108 valence electrons. The Bertz CT molecular complexity index is 467. The van der Waals surface area contributed by atoms with Crippen LogP contribution in [0.2, 0.25) is 0 Å². The summed E-state index contributed by atoms with van der Waals surface area (Å²) < 4.78 is 11.6. The molecule has 0 saturated carbocycles. The van der Waals surface area contributed by atoms with Crippen molar-refractivity contribution in [2.75, 3.05) is 13.2 Å². The van der Waals surface area contributed by atoms with Gasteiger partial charge in [-0.2, -0.15) is 0 Å². The van der Waals surface area contributed by atoms with Gasteiger partial charge in [-0.3, -0.25) is 0 Å². The Kier molecular flexibility index (Phi) is 5.84. The minimum Gasteiger partial charge on any atom is -0.468 e. The van der Waals surface area contributed by atoms with Gasteiger partial charge in [-0.05, 0) is 37.6 Å². The number of hydrogen-bond donors (Lipinski definition) is 1. The summed E-state index contributed by atoms with van der Waals surface area (Å²) in [7, 11) is 0. The first-order chi connectivity index (χ1) is 9.86. The van der Waals surface area contributed by atoms with E-state index in [2.05, 4.69) is 24.4 Å². The Morgan fingerprint density at radius 2 is 1.90 bits per heavy atom. The molecule has 2 atom stereocenters. The molecule has 0 spiro atoms. The van der Waals surface area contributed by atoms with Gasteiger partial charge >= 0.3 is 0 Å². The summed E-state index contributed by atoms with van der Waals surface area (Å²) in [5.41, 5.74) is 1.17. The number of furan rings is 1. The minimum atomic E-state index is -0.0427. The fourth-order valence-electron chi connectivity index (χ4n) is 2.33. The lowest BCUT2D eigenvalue weighted by atomic mass is 10.00. The van der Waals surface area contributed by atoms with Crippen molar-refractivity contribution >= 4 is 0 Å². The van der Waals surface area contributed by atoms with Gasteiger partial charge < -0.3 is 14.5 Å². The molecule has 1 heterocycles. The van der Waals surface area contributed by atoms with Crippen LogP contribution in [-0.2, 0) is 4.74 Å². The first kappa shape index (κ1) is 14.8. The molecule has 1 N–H and O–H groups in total. The van der Waals surface area contributed by atoms with Crippen LogP contribution in [0.3, 0.4) is 0 Å². The van der Waals surface area contributed by atoms with Crippen molar-refractivity contribution < 1.29 is 9.15 Å². The van der Waals surface area contributed by atoms with Crippen molar-refractivity contribution in [3.05, 3.63) is 60.1 Å². The summed E-state index contributed by atoms with van der Waals surface area (Å²) in [6.07, 6.45) is 2.74. The Hall–Kier alpha value is -1.58. The first-order valence-corrected chi connectivity index (χ1v) is 7.30. The molecule has 3 heteroatoms. The van der Waals surface area contributed by atoms with Crippen molar-refractivity contribution in [2.45, 2.75) is 32.4 Å². The zero-order valence-electron chi connectivity index (χ0n) is 12.2. The van der Waals surface area contributed by atoms with Gasteiger partial charge in [0.2, 0.25) is 0 Å². The predicted octanol–water partition coefficient (Wildman–Crippen LogP) is 4.10. The van der Waals surface area contributed by atoms with Crippen molar-refractivity contribution in [1.29, 1.82) is 0 Å². The number of ether oxygens (including phenoxy) is 1. The Morgan fingerprint density at radius 3 is 2.50 bits per heavy atom. The van der Waals surface area contributed by atoms with E-state index in [1.807, 2.05) is 37.3 Å². The second-order valence-corrected chi connectivity index (χ2v) is 4.73. The van der Waals surface area contributed by atoms with Gasteiger partial charge in [0.25, 0.3) is 0 Å². The van der Waals surface area contributed by atoms with Crippen LogP contribution in [0, 0.1) is 0 Å². The van der Waals surface area contributed by atoms with Gasteiger partial charge in [-0.1, -0.05) is 37.3 Å². The van der Waals surface area contributed by atoms with Crippen molar-refractivity contribution in [1.82, 2.24) is 5.32 Å². The van der Waals surface area contributed by atoms with Gasteiger partial charge in [0.1, 0.15) is 11.9 Å². The molecule has 1 aromatic carbocycles. The van der Waals surface area contributed by atoms with Crippen LogP contribution in [0.15, 0.2) is 53.1 Å². The smallest absolute Gasteiger partial charge is 0.123 e. The normalized spacial score (nSPS) is 14.1. The zero-order valence-corrected chi connectivity index (χ0v) is 12.2. The predicted molar refractivity (Wildman–Crippen MR) is 80.6 cm³/mol. The van der Waals surface area contributed by atoms with E-state index < -0.39 is 0 Å². The van der Waals surface area contributed by atoms with Crippen molar-refractivity contribution in [3.8, 4) is 0 Å². The van der Waals surface area contributed by atoms with Crippen LogP contribution < -0.4 is 5.32 Å². The molecule has 3 nitrogen and oxygen atoms in total. The molecule has 2 unspecified atom stereocenters. The molecule has 2 rings (SSSR count). The van der Waals surface area contributed by atoms with Crippen LogP contribution in [0.25, 0.3) is 0 Å². The summed E-state index contributed by atoms with van der Waals surface area (Å²) in [6.45, 7) is 5.78. The molecule has 2 aromatic rings. The van der Waals surface area contributed by atoms with Crippen LogP contribution in [0.5, 0.6) is 0 Å². The van der Waals surface area contributed by atoms with E-state index in [9.17, 15) is 0 Å². The van der Waals surface area contributed by atoms with Gasteiger partial charge in [-0.25, -0.2) is 0 Å². The van der Waals surface area contributed by atoms with Crippen LogP contribution in [-0.4, -0.2) is 13.2 Å².